The van der Waals surface area contributed by atoms with Gasteiger partial charge in [-0.1, -0.05) is 134 Å². The van der Waals surface area contributed by atoms with E-state index in [1.807, 2.05) is 6.08 Å². The molecule has 0 spiro atoms. The Bertz CT molecular complexity index is 1260. The smallest absolute Gasteiger partial charge is 0.462 e. The number of rotatable bonds is 43. The van der Waals surface area contributed by atoms with Crippen molar-refractivity contribution in [2.45, 2.75) is 205 Å². The lowest BCUT2D eigenvalue weighted by molar-refractivity contribution is -0.161. The third-order valence-electron chi connectivity index (χ3n) is 9.69. The van der Waals surface area contributed by atoms with Gasteiger partial charge in [-0.15, -0.1) is 0 Å². The summed E-state index contributed by atoms with van der Waals surface area (Å²) < 4.78 is 47.7. The summed E-state index contributed by atoms with van der Waals surface area (Å²) in [5.74, 6) is -1.15. The largest absolute Gasteiger partial charge is 0.472 e. The average Bonchev–Trinajstić information content (AvgIpc) is 3.21. The number of aliphatic hydroxyl groups is 3. The van der Waals surface area contributed by atoms with E-state index in [1.54, 1.807) is 0 Å². The van der Waals surface area contributed by atoms with Crippen LogP contribution in [0.4, 0.5) is 0 Å². The van der Waals surface area contributed by atoms with E-state index in [2.05, 4.69) is 53.3 Å². The van der Waals surface area contributed by atoms with Crippen LogP contribution in [0.25, 0.3) is 0 Å². The molecule has 6 N–H and O–H groups in total. The minimum atomic E-state index is -4.88. The minimum Gasteiger partial charge on any atom is -0.462 e. The van der Waals surface area contributed by atoms with Crippen LogP contribution in [0, 0.1) is 0 Å². The highest BCUT2D eigenvalue weighted by Gasteiger charge is 2.28. The third-order valence-corrected chi connectivity index (χ3v) is 11.1. The monoisotopic (exact) mass is 913 g/mol. The lowest BCUT2D eigenvalue weighted by Gasteiger charge is -2.20. The van der Waals surface area contributed by atoms with Crippen LogP contribution in [0.15, 0.2) is 36.5 Å². The summed E-state index contributed by atoms with van der Waals surface area (Å²) in [5, 5.41) is 30.2. The molecule has 0 saturated carbocycles. The Balaban J connectivity index is 4.61. The SMILES string of the molecule is CCCCC/C=C\C/C=C\CCCCCCCCCC(=O)O[C@H](COC(=O)CCCCCCC[C@@H](O)[C@H](O)C/C=C\CCCCC)COP(=O)(O)OC[C@@H](O)COP(=O)(O)O. The summed E-state index contributed by atoms with van der Waals surface area (Å²) in [7, 11) is -9.73. The zero-order valence-electron chi connectivity index (χ0n) is 37.2. The molecule has 0 aliphatic heterocycles. The molecule has 0 aromatic heterocycles. The molecule has 0 aromatic carbocycles. The van der Waals surface area contributed by atoms with Gasteiger partial charge in [-0.05, 0) is 70.6 Å². The van der Waals surface area contributed by atoms with Gasteiger partial charge in [0.1, 0.15) is 12.7 Å². The number of carbonyl (C=O) groups is 2. The highest BCUT2D eigenvalue weighted by Crippen LogP contribution is 2.43. The van der Waals surface area contributed by atoms with Gasteiger partial charge in [-0.2, -0.15) is 0 Å². The normalized spacial score (nSPS) is 15.3. The number of hydrogen-bond acceptors (Lipinski definition) is 12. The molecule has 17 heteroatoms. The Morgan fingerprint density at radius 2 is 1.00 bits per heavy atom. The molecule has 1 unspecified atom stereocenters. The summed E-state index contributed by atoms with van der Waals surface area (Å²) >= 11 is 0. The third kappa shape index (κ3) is 42.0. The van der Waals surface area contributed by atoms with Gasteiger partial charge in [-0.25, -0.2) is 9.13 Å². The summed E-state index contributed by atoms with van der Waals surface area (Å²) in [5.41, 5.74) is 0. The Labute approximate surface area is 366 Å². The predicted octanol–water partition coefficient (Wildman–Crippen LogP) is 9.62. The first-order valence-corrected chi connectivity index (χ1v) is 25.9. The predicted molar refractivity (Wildman–Crippen MR) is 237 cm³/mol. The lowest BCUT2D eigenvalue weighted by atomic mass is 10.0. The molecule has 61 heavy (non-hydrogen) atoms. The molecule has 358 valence electrons. The van der Waals surface area contributed by atoms with Crippen LogP contribution in [-0.2, 0) is 41.8 Å². The molecule has 0 bridgehead atoms. The highest BCUT2D eigenvalue weighted by atomic mass is 31.2. The summed E-state index contributed by atoms with van der Waals surface area (Å²) in [6.45, 7) is 1.50. The quantitative estimate of drug-likeness (QED) is 0.0145. The molecule has 0 aliphatic carbocycles. The number of phosphoric ester groups is 2. The Hall–Kier alpha value is -1.74. The van der Waals surface area contributed by atoms with Crippen molar-refractivity contribution in [3.63, 3.8) is 0 Å². The fraction of sp³-hybridized carbons (Fsp3) is 0.818. The van der Waals surface area contributed by atoms with Gasteiger partial charge in [-0.3, -0.25) is 23.2 Å². The van der Waals surface area contributed by atoms with Gasteiger partial charge in [0.05, 0.1) is 32.0 Å². The van der Waals surface area contributed by atoms with E-state index < -0.39 is 78.4 Å². The second-order valence-corrected chi connectivity index (χ2v) is 18.3. The molecule has 15 nitrogen and oxygen atoms in total. The number of hydrogen-bond donors (Lipinski definition) is 6. The van der Waals surface area contributed by atoms with Gasteiger partial charge < -0.3 is 39.5 Å². The molecule has 0 radical (unpaired) electrons. The second kappa shape index (κ2) is 39.8. The molecule has 0 aromatic rings. The number of allylic oxidation sites excluding steroid dienone is 5. The topological polar surface area (TPSA) is 236 Å². The zero-order valence-corrected chi connectivity index (χ0v) is 39.0. The zero-order chi connectivity index (χ0) is 45.5. The molecule has 0 amide bonds. The van der Waals surface area contributed by atoms with E-state index in [0.717, 1.165) is 103 Å². The maximum absolute atomic E-state index is 12.7. The van der Waals surface area contributed by atoms with Crippen LogP contribution >= 0.6 is 15.6 Å². The van der Waals surface area contributed by atoms with Crippen molar-refractivity contribution in [2.75, 3.05) is 26.4 Å². The molecular weight excluding hydrogens is 830 g/mol. The summed E-state index contributed by atoms with van der Waals surface area (Å²) in [4.78, 5) is 52.8. The standard InChI is InChI=1S/C44H82O15P2/c1-3-5-7-9-11-12-13-14-15-16-17-18-19-20-21-25-30-34-44(49)59-40(38-58-61(53,54)57-36-39(45)35-56-60(50,51)52)37-55-43(48)33-29-26-22-24-28-32-42(47)41(46)31-27-23-10-8-6-4-2/h11-12,14-15,23,27,39-42,45-47H,3-10,13,16-22,24-26,28-38H2,1-2H3,(H,53,54)(H2,50,51,52)/b12-11-,15-14-,27-23-/t39-,40+,41+,42+/m0/s1. The van der Waals surface area contributed by atoms with Crippen LogP contribution in [-0.4, -0.2) is 92.8 Å². The summed E-state index contributed by atoms with van der Waals surface area (Å²) in [6.07, 6.45) is 31.5. The van der Waals surface area contributed by atoms with Crippen molar-refractivity contribution < 1.29 is 71.8 Å². The van der Waals surface area contributed by atoms with Crippen molar-refractivity contribution in [2.24, 2.45) is 0 Å². The summed E-state index contributed by atoms with van der Waals surface area (Å²) in [6, 6.07) is 0. The van der Waals surface area contributed by atoms with Crippen LogP contribution in [0.1, 0.15) is 181 Å². The first-order valence-electron chi connectivity index (χ1n) is 22.8. The van der Waals surface area contributed by atoms with Gasteiger partial charge in [0.25, 0.3) is 0 Å². The Morgan fingerprint density at radius 1 is 0.525 bits per heavy atom. The number of esters is 2. The minimum absolute atomic E-state index is 0.0908. The molecule has 0 heterocycles. The molecule has 0 rings (SSSR count). The van der Waals surface area contributed by atoms with E-state index in [9.17, 15) is 38.9 Å². The van der Waals surface area contributed by atoms with E-state index in [4.69, 9.17) is 23.8 Å². The number of phosphoric acid groups is 2. The van der Waals surface area contributed by atoms with Crippen LogP contribution in [0.2, 0.25) is 0 Å². The fourth-order valence-electron chi connectivity index (χ4n) is 6.05. The Morgan fingerprint density at radius 3 is 1.57 bits per heavy atom. The number of aliphatic hydroxyl groups excluding tert-OH is 3. The van der Waals surface area contributed by atoms with Gasteiger partial charge >= 0.3 is 27.6 Å². The number of ether oxygens (including phenoxy) is 2. The fourth-order valence-corrected chi connectivity index (χ4v) is 7.20. The molecule has 0 aliphatic rings. The van der Waals surface area contributed by atoms with E-state index in [-0.39, 0.29) is 12.8 Å². The van der Waals surface area contributed by atoms with Gasteiger partial charge in [0.2, 0.25) is 0 Å². The first-order chi connectivity index (χ1) is 29.2. The maximum atomic E-state index is 12.7. The molecule has 0 fully saturated rings. The van der Waals surface area contributed by atoms with Crippen LogP contribution in [0.5, 0.6) is 0 Å². The van der Waals surface area contributed by atoms with E-state index in [1.165, 1.54) is 25.7 Å². The molecular formula is C44H82O15P2. The van der Waals surface area contributed by atoms with Gasteiger partial charge in [0, 0.05) is 12.8 Å². The van der Waals surface area contributed by atoms with Crippen molar-refractivity contribution >= 4 is 27.6 Å². The number of unbranched alkanes of at least 4 members (excludes halogenated alkanes) is 17. The first kappa shape index (κ1) is 59.3. The van der Waals surface area contributed by atoms with Crippen LogP contribution < -0.4 is 0 Å². The van der Waals surface area contributed by atoms with Crippen molar-refractivity contribution in [1.82, 2.24) is 0 Å². The number of carbonyl (C=O) groups excluding carboxylic acids is 2. The van der Waals surface area contributed by atoms with E-state index >= 15 is 0 Å². The van der Waals surface area contributed by atoms with Crippen molar-refractivity contribution in [1.29, 1.82) is 0 Å². The second-order valence-electron chi connectivity index (χ2n) is 15.6. The van der Waals surface area contributed by atoms with Crippen molar-refractivity contribution in [3.05, 3.63) is 36.5 Å². The lowest BCUT2D eigenvalue weighted by Crippen LogP contribution is -2.30. The van der Waals surface area contributed by atoms with Crippen molar-refractivity contribution in [3.8, 4) is 0 Å². The van der Waals surface area contributed by atoms with Crippen LogP contribution in [0.3, 0.4) is 0 Å². The Kier molecular flexibility index (Phi) is 38.7. The molecule has 0 saturated heterocycles. The molecule has 5 atom stereocenters. The highest BCUT2D eigenvalue weighted by molar-refractivity contribution is 7.47. The average molecular weight is 913 g/mol. The van der Waals surface area contributed by atoms with Gasteiger partial charge in [0.15, 0.2) is 6.10 Å². The maximum Gasteiger partial charge on any atom is 0.472 e. The van der Waals surface area contributed by atoms with E-state index in [0.29, 0.717) is 25.7 Å².